The molecule has 9 nitrogen and oxygen atoms in total. The summed E-state index contributed by atoms with van der Waals surface area (Å²) in [6, 6.07) is 9.99. The Labute approximate surface area is 192 Å². The van der Waals surface area contributed by atoms with Gasteiger partial charge in [-0.1, -0.05) is 35.5 Å². The summed E-state index contributed by atoms with van der Waals surface area (Å²) in [5.74, 6) is 1.13. The minimum Gasteiger partial charge on any atom is -0.353 e. The molecule has 2 aromatic heterocycles. The van der Waals surface area contributed by atoms with Crippen LogP contribution in [0.4, 0.5) is 0 Å². The third kappa shape index (κ3) is 4.97. The van der Waals surface area contributed by atoms with Gasteiger partial charge in [0.15, 0.2) is 0 Å². The zero-order valence-corrected chi connectivity index (χ0v) is 18.8. The van der Waals surface area contributed by atoms with Crippen molar-refractivity contribution in [2.24, 2.45) is 7.05 Å². The lowest BCUT2D eigenvalue weighted by Gasteiger charge is -2.27. The van der Waals surface area contributed by atoms with Crippen LogP contribution in [-0.4, -0.2) is 49.2 Å². The zero-order chi connectivity index (χ0) is 22.8. The zero-order valence-electron chi connectivity index (χ0n) is 18.8. The molecule has 9 heteroatoms. The molecule has 0 spiro atoms. The Balaban J connectivity index is 1.17. The number of aryl methyl sites for hydroxylation is 3. The number of rotatable bonds is 8. The van der Waals surface area contributed by atoms with Crippen LogP contribution in [0, 0.1) is 0 Å². The molecule has 5 rings (SSSR count). The van der Waals surface area contributed by atoms with Crippen molar-refractivity contribution < 1.29 is 14.1 Å². The number of fused-ring (bicyclic) bond motifs is 1. The number of aromatic nitrogens is 4. The first kappa shape index (κ1) is 21.4. The maximum atomic E-state index is 12.9. The predicted molar refractivity (Wildman–Crippen MR) is 120 cm³/mol. The lowest BCUT2D eigenvalue weighted by atomic mass is 10.0. The largest absolute Gasteiger partial charge is 0.353 e. The molecule has 0 atom stereocenters. The van der Waals surface area contributed by atoms with E-state index in [1.165, 1.54) is 0 Å². The van der Waals surface area contributed by atoms with Gasteiger partial charge in [0.1, 0.15) is 0 Å². The van der Waals surface area contributed by atoms with Crippen LogP contribution in [0.2, 0.25) is 0 Å². The molecule has 0 unspecified atom stereocenters. The summed E-state index contributed by atoms with van der Waals surface area (Å²) in [6.45, 7) is 1.19. The summed E-state index contributed by atoms with van der Waals surface area (Å²) in [5, 5.41) is 11.7. The normalized spacial score (nSPS) is 15.4. The van der Waals surface area contributed by atoms with Gasteiger partial charge < -0.3 is 14.7 Å². The maximum Gasteiger partial charge on any atom is 0.227 e. The van der Waals surface area contributed by atoms with Gasteiger partial charge in [-0.05, 0) is 12.8 Å². The molecule has 1 saturated carbocycles. The molecule has 0 bridgehead atoms. The molecule has 1 aromatic carbocycles. The third-order valence-corrected chi connectivity index (χ3v) is 6.26. The summed E-state index contributed by atoms with van der Waals surface area (Å²) in [5.41, 5.74) is 4.04. The number of hydrogen-bond donors (Lipinski definition) is 1. The first-order chi connectivity index (χ1) is 16.1. The van der Waals surface area contributed by atoms with Crippen LogP contribution in [0.15, 0.2) is 34.9 Å². The van der Waals surface area contributed by atoms with Gasteiger partial charge in [0.2, 0.25) is 23.5 Å². The average Bonchev–Trinajstić information content (AvgIpc) is 3.41. The van der Waals surface area contributed by atoms with E-state index in [-0.39, 0.29) is 11.8 Å². The van der Waals surface area contributed by atoms with Crippen molar-refractivity contribution in [3.63, 3.8) is 0 Å². The van der Waals surface area contributed by atoms with E-state index in [4.69, 9.17) is 4.52 Å². The standard InChI is InChI=1S/C24H28N6O3/c1-29-20-13-14-30(15-18(20)19(27-29)9-10-21(31)25-17-7-8-17)23(32)12-11-22-26-24(28-33-22)16-5-3-2-4-6-16/h2-6,17H,7-15H2,1H3,(H,25,31). The Morgan fingerprint density at radius 3 is 2.76 bits per heavy atom. The van der Waals surface area contributed by atoms with Crippen molar-refractivity contribution in [1.29, 1.82) is 0 Å². The number of amides is 2. The summed E-state index contributed by atoms with van der Waals surface area (Å²) in [4.78, 5) is 31.3. The van der Waals surface area contributed by atoms with Gasteiger partial charge in [-0.25, -0.2) is 0 Å². The molecule has 33 heavy (non-hydrogen) atoms. The van der Waals surface area contributed by atoms with Crippen LogP contribution >= 0.6 is 0 Å². The highest BCUT2D eigenvalue weighted by molar-refractivity contribution is 5.77. The highest BCUT2D eigenvalue weighted by Gasteiger charge is 2.28. The van der Waals surface area contributed by atoms with Gasteiger partial charge in [-0.2, -0.15) is 10.1 Å². The molecule has 1 fully saturated rings. The van der Waals surface area contributed by atoms with Crippen molar-refractivity contribution in [3.05, 3.63) is 53.2 Å². The SMILES string of the molecule is Cn1nc(CCC(=O)NC2CC2)c2c1CCN(C(=O)CCc1nc(-c3ccccc3)no1)C2. The van der Waals surface area contributed by atoms with E-state index in [0.717, 1.165) is 41.8 Å². The second-order valence-electron chi connectivity index (χ2n) is 8.78. The summed E-state index contributed by atoms with van der Waals surface area (Å²) >= 11 is 0. The van der Waals surface area contributed by atoms with Crippen LogP contribution in [0.25, 0.3) is 11.4 Å². The van der Waals surface area contributed by atoms with E-state index in [0.29, 0.717) is 56.5 Å². The molecule has 0 saturated heterocycles. The molecule has 0 radical (unpaired) electrons. The van der Waals surface area contributed by atoms with Crippen molar-refractivity contribution in [3.8, 4) is 11.4 Å². The van der Waals surface area contributed by atoms with Crippen LogP contribution in [0.5, 0.6) is 0 Å². The Bertz CT molecular complexity index is 1150. The average molecular weight is 449 g/mol. The topological polar surface area (TPSA) is 106 Å². The number of hydrogen-bond acceptors (Lipinski definition) is 6. The van der Waals surface area contributed by atoms with Crippen molar-refractivity contribution in [2.45, 2.75) is 57.5 Å². The molecule has 3 heterocycles. The molecule has 3 aromatic rings. The van der Waals surface area contributed by atoms with E-state index >= 15 is 0 Å². The molecule has 2 amide bonds. The lowest BCUT2D eigenvalue weighted by molar-refractivity contribution is -0.132. The first-order valence-corrected chi connectivity index (χ1v) is 11.6. The predicted octanol–water partition coefficient (Wildman–Crippen LogP) is 2.20. The summed E-state index contributed by atoms with van der Waals surface area (Å²) < 4.78 is 7.24. The Kier molecular flexibility index (Phi) is 5.93. The molecular formula is C24H28N6O3. The number of carbonyl (C=O) groups excluding carboxylic acids is 2. The first-order valence-electron chi connectivity index (χ1n) is 11.6. The van der Waals surface area contributed by atoms with E-state index in [1.807, 2.05) is 47.0 Å². The minimum atomic E-state index is 0.0568. The van der Waals surface area contributed by atoms with E-state index in [2.05, 4.69) is 20.6 Å². The van der Waals surface area contributed by atoms with Gasteiger partial charge in [0.05, 0.1) is 5.69 Å². The number of carbonyl (C=O) groups is 2. The van der Waals surface area contributed by atoms with Crippen molar-refractivity contribution in [1.82, 2.24) is 30.1 Å². The second kappa shape index (κ2) is 9.17. The van der Waals surface area contributed by atoms with E-state index in [1.54, 1.807) is 0 Å². The van der Waals surface area contributed by atoms with Gasteiger partial charge in [0, 0.05) is 75.1 Å². The summed E-state index contributed by atoms with van der Waals surface area (Å²) in [7, 11) is 1.93. The van der Waals surface area contributed by atoms with E-state index < -0.39 is 0 Å². The fourth-order valence-electron chi connectivity index (χ4n) is 4.28. The molecule has 172 valence electrons. The monoisotopic (exact) mass is 448 g/mol. The lowest BCUT2D eigenvalue weighted by Crippen LogP contribution is -2.36. The Hall–Kier alpha value is -3.49. The fourth-order valence-corrected chi connectivity index (χ4v) is 4.28. The van der Waals surface area contributed by atoms with E-state index in [9.17, 15) is 9.59 Å². The van der Waals surface area contributed by atoms with Crippen LogP contribution in [-0.2, 0) is 42.4 Å². The maximum absolute atomic E-state index is 12.9. The quantitative estimate of drug-likeness (QED) is 0.566. The summed E-state index contributed by atoms with van der Waals surface area (Å²) in [6.07, 6.45) is 4.66. The highest BCUT2D eigenvalue weighted by atomic mass is 16.5. The van der Waals surface area contributed by atoms with Gasteiger partial charge >= 0.3 is 0 Å². The molecule has 2 aliphatic rings. The highest BCUT2D eigenvalue weighted by Crippen LogP contribution is 2.24. The fraction of sp³-hybridized carbons (Fsp3) is 0.458. The second-order valence-corrected chi connectivity index (χ2v) is 8.78. The van der Waals surface area contributed by atoms with Crippen molar-refractivity contribution in [2.75, 3.05) is 6.54 Å². The third-order valence-electron chi connectivity index (χ3n) is 6.26. The molecule has 1 N–H and O–H groups in total. The van der Waals surface area contributed by atoms with Gasteiger partial charge in [-0.15, -0.1) is 0 Å². The van der Waals surface area contributed by atoms with Crippen LogP contribution in [0.3, 0.4) is 0 Å². The van der Waals surface area contributed by atoms with Gasteiger partial charge in [-0.3, -0.25) is 14.3 Å². The number of nitrogens with zero attached hydrogens (tertiary/aromatic N) is 5. The smallest absolute Gasteiger partial charge is 0.227 e. The Morgan fingerprint density at radius 1 is 1.15 bits per heavy atom. The Morgan fingerprint density at radius 2 is 1.97 bits per heavy atom. The number of benzene rings is 1. The van der Waals surface area contributed by atoms with Crippen LogP contribution < -0.4 is 5.32 Å². The minimum absolute atomic E-state index is 0.0568. The van der Waals surface area contributed by atoms with Crippen LogP contribution in [0.1, 0.15) is 48.5 Å². The van der Waals surface area contributed by atoms with Crippen molar-refractivity contribution >= 4 is 11.8 Å². The molecular weight excluding hydrogens is 420 g/mol. The molecule has 1 aliphatic carbocycles. The van der Waals surface area contributed by atoms with Gasteiger partial charge in [0.25, 0.3) is 0 Å². The number of nitrogens with one attached hydrogen (secondary N) is 1. The molecule has 1 aliphatic heterocycles.